The minimum atomic E-state index is -2.89. The summed E-state index contributed by atoms with van der Waals surface area (Å²) in [6, 6.07) is 5.69. The molecule has 1 fully saturated rings. The number of fused-ring (bicyclic) bond motifs is 1. The van der Waals surface area contributed by atoms with Crippen molar-refractivity contribution in [2.75, 3.05) is 18.5 Å². The van der Waals surface area contributed by atoms with Gasteiger partial charge in [-0.05, 0) is 24.8 Å². The molecule has 6 nitrogen and oxygen atoms in total. The molecule has 0 amide bonds. The van der Waals surface area contributed by atoms with Crippen LogP contribution in [0.2, 0.25) is 0 Å². The second-order valence-corrected chi connectivity index (χ2v) is 7.28. The van der Waals surface area contributed by atoms with E-state index < -0.39 is 17.8 Å². The number of anilines is 1. The summed E-state index contributed by atoms with van der Waals surface area (Å²) in [5.41, 5.74) is 0.460. The molecule has 0 radical (unpaired) electrons. The summed E-state index contributed by atoms with van der Waals surface area (Å²) in [5.74, 6) is -0.450. The molecule has 4 rings (SSSR count). The summed E-state index contributed by atoms with van der Waals surface area (Å²) >= 11 is 0. The van der Waals surface area contributed by atoms with Gasteiger partial charge in [-0.2, -0.15) is 0 Å². The molecule has 1 saturated heterocycles. The first-order valence-electron chi connectivity index (χ1n) is 10.7. The molecule has 32 heavy (non-hydrogen) atoms. The van der Waals surface area contributed by atoms with Crippen molar-refractivity contribution >= 4 is 16.9 Å². The highest BCUT2D eigenvalue weighted by molar-refractivity contribution is 5.87. The van der Waals surface area contributed by atoms with Crippen LogP contribution in [0.3, 0.4) is 0 Å². The number of aryl methyl sites for hydroxylation is 1. The number of ether oxygens (including phenoxy) is 1. The SMILES string of the molecule is CC.Cn1c(=O)c(C2CCOCC2)cc2c(NCc3cccc(C(F)F)c3F)ncnc21. The quantitative estimate of drug-likeness (QED) is 0.599. The maximum Gasteiger partial charge on any atom is 0.266 e. The second-order valence-electron chi connectivity index (χ2n) is 7.28. The van der Waals surface area contributed by atoms with Crippen LogP contribution in [0.25, 0.3) is 11.0 Å². The molecule has 0 bridgehead atoms. The Balaban J connectivity index is 0.00000141. The summed E-state index contributed by atoms with van der Waals surface area (Å²) in [6.45, 7) is 5.16. The van der Waals surface area contributed by atoms with Gasteiger partial charge in [0.2, 0.25) is 0 Å². The van der Waals surface area contributed by atoms with Gasteiger partial charge in [-0.1, -0.05) is 32.0 Å². The molecule has 0 saturated carbocycles. The predicted molar refractivity (Wildman–Crippen MR) is 118 cm³/mol. The standard InChI is InChI=1S/C21H21F3N4O2.C2H6/c1-28-20-16(9-15(21(28)29)12-5-7-30-8-6-12)19(26-11-27-20)25-10-13-3-2-4-14(17(13)22)18(23)24;1-2/h2-4,9,11-12,18H,5-8,10H2,1H3,(H,25,26,27);1-2H3. The first-order valence-corrected chi connectivity index (χ1v) is 10.7. The first kappa shape index (κ1) is 23.7. The summed E-state index contributed by atoms with van der Waals surface area (Å²) in [5, 5.41) is 3.63. The van der Waals surface area contributed by atoms with E-state index in [1.807, 2.05) is 13.8 Å². The van der Waals surface area contributed by atoms with Crippen LogP contribution < -0.4 is 10.9 Å². The summed E-state index contributed by atoms with van der Waals surface area (Å²) in [4.78, 5) is 21.3. The first-order chi connectivity index (χ1) is 15.5. The van der Waals surface area contributed by atoms with Crippen molar-refractivity contribution < 1.29 is 17.9 Å². The monoisotopic (exact) mass is 448 g/mol. The number of aromatic nitrogens is 3. The van der Waals surface area contributed by atoms with Crippen molar-refractivity contribution in [2.45, 2.75) is 45.6 Å². The molecule has 0 spiro atoms. The van der Waals surface area contributed by atoms with E-state index in [1.54, 1.807) is 13.1 Å². The Labute approximate surface area is 184 Å². The third kappa shape index (κ3) is 4.77. The van der Waals surface area contributed by atoms with Crippen molar-refractivity contribution in [3.05, 3.63) is 63.5 Å². The van der Waals surface area contributed by atoms with Crippen LogP contribution in [0, 0.1) is 5.82 Å². The van der Waals surface area contributed by atoms with Gasteiger partial charge >= 0.3 is 0 Å². The van der Waals surface area contributed by atoms with Gasteiger partial charge in [-0.3, -0.25) is 9.36 Å². The average molecular weight is 448 g/mol. The van der Waals surface area contributed by atoms with E-state index >= 15 is 0 Å². The number of pyridine rings is 1. The highest BCUT2D eigenvalue weighted by Crippen LogP contribution is 2.29. The van der Waals surface area contributed by atoms with Gasteiger partial charge in [0, 0.05) is 37.9 Å². The fraction of sp³-hybridized carbons (Fsp3) is 0.435. The van der Waals surface area contributed by atoms with Crippen LogP contribution >= 0.6 is 0 Å². The molecular formula is C23H27F3N4O2. The normalized spacial score (nSPS) is 14.3. The number of halogens is 3. The molecule has 0 aliphatic carbocycles. The van der Waals surface area contributed by atoms with Gasteiger partial charge in [0.25, 0.3) is 12.0 Å². The molecule has 9 heteroatoms. The number of benzene rings is 1. The van der Waals surface area contributed by atoms with E-state index in [0.717, 1.165) is 18.9 Å². The Morgan fingerprint density at radius 3 is 2.62 bits per heavy atom. The molecule has 0 atom stereocenters. The largest absolute Gasteiger partial charge is 0.381 e. The van der Waals surface area contributed by atoms with Crippen molar-refractivity contribution in [1.82, 2.24) is 14.5 Å². The summed E-state index contributed by atoms with van der Waals surface area (Å²) in [7, 11) is 1.65. The Bertz CT molecular complexity index is 1130. The number of hydrogen-bond acceptors (Lipinski definition) is 5. The topological polar surface area (TPSA) is 69.0 Å². The summed E-state index contributed by atoms with van der Waals surface area (Å²) in [6.07, 6.45) is -0.0723. The van der Waals surface area contributed by atoms with Gasteiger partial charge in [0.15, 0.2) is 0 Å². The fourth-order valence-electron chi connectivity index (χ4n) is 3.82. The molecule has 1 aromatic carbocycles. The number of hydrogen-bond donors (Lipinski definition) is 1. The van der Waals surface area contributed by atoms with Crippen LogP contribution in [-0.2, 0) is 18.3 Å². The van der Waals surface area contributed by atoms with Gasteiger partial charge in [0.1, 0.15) is 23.6 Å². The van der Waals surface area contributed by atoms with Crippen LogP contribution in [-0.4, -0.2) is 27.7 Å². The molecule has 1 N–H and O–H groups in total. The van der Waals surface area contributed by atoms with Crippen LogP contribution in [0.1, 0.15) is 55.7 Å². The zero-order valence-corrected chi connectivity index (χ0v) is 18.4. The van der Waals surface area contributed by atoms with E-state index in [0.29, 0.717) is 35.6 Å². The maximum atomic E-state index is 14.4. The lowest BCUT2D eigenvalue weighted by molar-refractivity contribution is 0.0850. The number of alkyl halides is 2. The highest BCUT2D eigenvalue weighted by Gasteiger charge is 2.22. The number of rotatable bonds is 5. The average Bonchev–Trinajstić information content (AvgIpc) is 2.82. The lowest BCUT2D eigenvalue weighted by atomic mass is 9.92. The zero-order valence-electron chi connectivity index (χ0n) is 18.4. The van der Waals surface area contributed by atoms with E-state index in [1.165, 1.54) is 23.0 Å². The molecule has 1 aliphatic heterocycles. The smallest absolute Gasteiger partial charge is 0.266 e. The van der Waals surface area contributed by atoms with E-state index in [2.05, 4.69) is 15.3 Å². The lowest BCUT2D eigenvalue weighted by Gasteiger charge is -2.23. The zero-order chi connectivity index (χ0) is 23.3. The Morgan fingerprint density at radius 2 is 1.94 bits per heavy atom. The Hall–Kier alpha value is -2.94. The van der Waals surface area contributed by atoms with Crippen LogP contribution in [0.4, 0.5) is 19.0 Å². The molecule has 1 aliphatic rings. The van der Waals surface area contributed by atoms with Crippen LogP contribution in [0.15, 0.2) is 35.4 Å². The molecule has 172 valence electrons. The van der Waals surface area contributed by atoms with Crippen LogP contribution in [0.5, 0.6) is 0 Å². The van der Waals surface area contributed by atoms with Crippen molar-refractivity contribution in [2.24, 2.45) is 7.05 Å². The van der Waals surface area contributed by atoms with E-state index in [9.17, 15) is 18.0 Å². The minimum Gasteiger partial charge on any atom is -0.381 e. The molecule has 3 heterocycles. The molecule has 2 aromatic heterocycles. The van der Waals surface area contributed by atoms with E-state index in [-0.39, 0.29) is 23.6 Å². The third-order valence-corrected chi connectivity index (χ3v) is 5.48. The molecule has 3 aromatic rings. The second kappa shape index (κ2) is 10.6. The lowest BCUT2D eigenvalue weighted by Crippen LogP contribution is -2.27. The van der Waals surface area contributed by atoms with Crippen molar-refractivity contribution in [1.29, 1.82) is 0 Å². The predicted octanol–water partition coefficient (Wildman–Crippen LogP) is 4.94. The van der Waals surface area contributed by atoms with Gasteiger partial charge in [-0.25, -0.2) is 23.1 Å². The Morgan fingerprint density at radius 1 is 1.22 bits per heavy atom. The maximum absolute atomic E-state index is 14.4. The van der Waals surface area contributed by atoms with Crippen molar-refractivity contribution in [3.63, 3.8) is 0 Å². The van der Waals surface area contributed by atoms with Gasteiger partial charge in [0.05, 0.1) is 10.9 Å². The van der Waals surface area contributed by atoms with Gasteiger partial charge in [-0.15, -0.1) is 0 Å². The number of nitrogens with one attached hydrogen (secondary N) is 1. The van der Waals surface area contributed by atoms with Gasteiger partial charge < -0.3 is 10.1 Å². The molecule has 0 unspecified atom stereocenters. The Kier molecular flexibility index (Phi) is 7.84. The number of nitrogens with zero attached hydrogens (tertiary/aromatic N) is 3. The molecular weight excluding hydrogens is 421 g/mol. The highest BCUT2D eigenvalue weighted by atomic mass is 19.3. The van der Waals surface area contributed by atoms with E-state index in [4.69, 9.17) is 4.74 Å². The third-order valence-electron chi connectivity index (χ3n) is 5.48. The minimum absolute atomic E-state index is 0.0338. The summed E-state index contributed by atoms with van der Waals surface area (Å²) < 4.78 is 47.1. The van der Waals surface area contributed by atoms with Crippen molar-refractivity contribution in [3.8, 4) is 0 Å². The fourth-order valence-corrected chi connectivity index (χ4v) is 3.82.